The fraction of sp³-hybridized carbons (Fsp3) is 0.385. The number of hydrogen-bond donors (Lipinski definition) is 1. The van der Waals surface area contributed by atoms with Crippen LogP contribution < -0.4 is 4.74 Å². The Balaban J connectivity index is 2.82. The van der Waals surface area contributed by atoms with Crippen molar-refractivity contribution in [1.29, 1.82) is 5.26 Å². The highest BCUT2D eigenvalue weighted by atomic mass is 16.5. The number of hydrogen-bond acceptors (Lipinski definition) is 3. The summed E-state index contributed by atoms with van der Waals surface area (Å²) < 4.78 is 5.28. The molecule has 0 saturated carbocycles. The Bertz CT molecular complexity index is 433. The van der Waals surface area contributed by atoms with Gasteiger partial charge in [-0.3, -0.25) is 4.79 Å². The van der Waals surface area contributed by atoms with E-state index in [4.69, 9.17) is 15.1 Å². The monoisotopic (exact) mass is 233 g/mol. The average Bonchev–Trinajstić information content (AvgIpc) is 2.31. The third-order valence-corrected chi connectivity index (χ3v) is 2.51. The van der Waals surface area contributed by atoms with E-state index < -0.39 is 11.4 Å². The molecule has 0 radical (unpaired) electrons. The van der Waals surface area contributed by atoms with Crippen molar-refractivity contribution in [2.24, 2.45) is 5.41 Å². The first-order valence-electron chi connectivity index (χ1n) is 5.38. The van der Waals surface area contributed by atoms with Crippen molar-refractivity contribution < 1.29 is 14.6 Å². The Hall–Kier alpha value is -2.02. The third kappa shape index (κ3) is 3.22. The molecule has 90 valence electrons. The van der Waals surface area contributed by atoms with Gasteiger partial charge in [0.25, 0.3) is 0 Å². The number of rotatable bonds is 5. The Morgan fingerprint density at radius 2 is 2.06 bits per heavy atom. The molecule has 0 aliphatic carbocycles. The van der Waals surface area contributed by atoms with Crippen LogP contribution in [0.3, 0.4) is 0 Å². The van der Waals surface area contributed by atoms with Crippen LogP contribution in [0.4, 0.5) is 0 Å². The number of aliphatic carboxylic acids is 1. The molecule has 0 spiro atoms. The molecule has 1 atom stereocenters. The van der Waals surface area contributed by atoms with Crippen molar-refractivity contribution in [3.63, 3.8) is 0 Å². The maximum Gasteiger partial charge on any atom is 0.324 e. The lowest BCUT2D eigenvalue weighted by Crippen LogP contribution is -2.28. The molecular weight excluding hydrogens is 218 g/mol. The molecule has 4 heteroatoms. The highest BCUT2D eigenvalue weighted by Crippen LogP contribution is 2.23. The first kappa shape index (κ1) is 13.0. The van der Waals surface area contributed by atoms with E-state index >= 15 is 0 Å². The molecule has 0 aliphatic rings. The Morgan fingerprint density at radius 3 is 2.47 bits per heavy atom. The summed E-state index contributed by atoms with van der Waals surface area (Å²) in [6.07, 6.45) is 0.186. The molecule has 1 N–H and O–H groups in total. The predicted molar refractivity (Wildman–Crippen MR) is 62.7 cm³/mol. The van der Waals surface area contributed by atoms with Gasteiger partial charge in [-0.25, -0.2) is 0 Å². The highest BCUT2D eigenvalue weighted by Gasteiger charge is 2.33. The summed E-state index contributed by atoms with van der Waals surface area (Å²) in [6.45, 7) is 3.90. The van der Waals surface area contributed by atoms with Crippen LogP contribution in [0.1, 0.15) is 19.4 Å². The van der Waals surface area contributed by atoms with Crippen LogP contribution in [0.25, 0.3) is 0 Å². The van der Waals surface area contributed by atoms with E-state index in [0.29, 0.717) is 6.61 Å². The van der Waals surface area contributed by atoms with E-state index in [9.17, 15) is 4.79 Å². The number of benzene rings is 1. The summed E-state index contributed by atoms with van der Waals surface area (Å²) in [4.78, 5) is 11.0. The first-order valence-corrected chi connectivity index (χ1v) is 5.38. The van der Waals surface area contributed by atoms with Gasteiger partial charge in [-0.05, 0) is 31.5 Å². The summed E-state index contributed by atoms with van der Waals surface area (Å²) in [7, 11) is 0. The average molecular weight is 233 g/mol. The number of carbonyl (C=O) groups is 1. The van der Waals surface area contributed by atoms with Crippen LogP contribution in [0, 0.1) is 16.7 Å². The first-order chi connectivity index (χ1) is 8.01. The SMILES string of the molecule is CCOc1ccc(CC(C)(C#N)C(=O)O)cc1. The summed E-state index contributed by atoms with van der Waals surface area (Å²) in [5, 5.41) is 17.9. The van der Waals surface area contributed by atoms with Gasteiger partial charge in [0.1, 0.15) is 5.75 Å². The van der Waals surface area contributed by atoms with Crippen molar-refractivity contribution in [3.8, 4) is 11.8 Å². The van der Waals surface area contributed by atoms with E-state index in [1.807, 2.05) is 13.0 Å². The van der Waals surface area contributed by atoms with Crippen molar-refractivity contribution in [2.45, 2.75) is 20.3 Å². The van der Waals surface area contributed by atoms with Gasteiger partial charge in [-0.1, -0.05) is 12.1 Å². The quantitative estimate of drug-likeness (QED) is 0.846. The lowest BCUT2D eigenvalue weighted by atomic mass is 9.85. The molecule has 1 aromatic rings. The number of carboxylic acid groups (broad SMARTS) is 1. The van der Waals surface area contributed by atoms with Crippen molar-refractivity contribution in [3.05, 3.63) is 29.8 Å². The standard InChI is InChI=1S/C13H15NO3/c1-3-17-11-6-4-10(5-7-11)8-13(2,9-14)12(15)16/h4-7H,3,8H2,1-2H3,(H,15,16). The maximum absolute atomic E-state index is 11.0. The van der Waals surface area contributed by atoms with Gasteiger partial charge in [0.15, 0.2) is 5.41 Å². The zero-order valence-electron chi connectivity index (χ0n) is 9.93. The molecule has 4 nitrogen and oxygen atoms in total. The molecule has 0 aliphatic heterocycles. The fourth-order valence-electron chi connectivity index (χ4n) is 1.44. The summed E-state index contributed by atoms with van der Waals surface area (Å²) in [5.74, 6) is -0.362. The van der Waals surface area contributed by atoms with Crippen molar-refractivity contribution in [1.82, 2.24) is 0 Å². The van der Waals surface area contributed by atoms with Gasteiger partial charge in [-0.2, -0.15) is 5.26 Å². The Morgan fingerprint density at radius 1 is 1.47 bits per heavy atom. The summed E-state index contributed by atoms with van der Waals surface area (Å²) >= 11 is 0. The van der Waals surface area contributed by atoms with Crippen molar-refractivity contribution >= 4 is 5.97 Å². The second-order valence-corrected chi connectivity index (χ2v) is 4.00. The van der Waals surface area contributed by atoms with E-state index in [2.05, 4.69) is 0 Å². The van der Waals surface area contributed by atoms with Crippen LogP contribution >= 0.6 is 0 Å². The zero-order chi connectivity index (χ0) is 12.9. The van der Waals surface area contributed by atoms with Crippen LogP contribution in [-0.4, -0.2) is 17.7 Å². The topological polar surface area (TPSA) is 70.3 Å². The minimum atomic E-state index is -1.38. The highest BCUT2D eigenvalue weighted by molar-refractivity contribution is 5.77. The molecule has 0 saturated heterocycles. The van der Waals surface area contributed by atoms with Crippen LogP contribution in [0.5, 0.6) is 5.75 Å². The molecule has 1 aromatic carbocycles. The molecule has 1 unspecified atom stereocenters. The van der Waals surface area contributed by atoms with E-state index in [-0.39, 0.29) is 6.42 Å². The smallest absolute Gasteiger partial charge is 0.324 e. The van der Waals surface area contributed by atoms with Gasteiger partial charge in [0.2, 0.25) is 0 Å². The summed E-state index contributed by atoms with van der Waals surface area (Å²) in [5.41, 5.74) is -0.576. The third-order valence-electron chi connectivity index (χ3n) is 2.51. The number of nitriles is 1. The molecule has 0 fully saturated rings. The second-order valence-electron chi connectivity index (χ2n) is 4.00. The lowest BCUT2D eigenvalue weighted by molar-refractivity contribution is -0.144. The van der Waals surface area contributed by atoms with Crippen LogP contribution in [0.2, 0.25) is 0 Å². The van der Waals surface area contributed by atoms with Crippen molar-refractivity contribution in [2.75, 3.05) is 6.61 Å². The Kier molecular flexibility index (Phi) is 4.11. The normalized spacial score (nSPS) is 13.5. The zero-order valence-corrected chi connectivity index (χ0v) is 9.93. The minimum absolute atomic E-state index is 0.186. The molecule has 0 heterocycles. The van der Waals surface area contributed by atoms with Gasteiger partial charge in [0.05, 0.1) is 12.7 Å². The van der Waals surface area contributed by atoms with E-state index in [1.54, 1.807) is 24.3 Å². The molecule has 1 rings (SSSR count). The fourth-order valence-corrected chi connectivity index (χ4v) is 1.44. The minimum Gasteiger partial charge on any atom is -0.494 e. The number of ether oxygens (including phenoxy) is 1. The van der Waals surface area contributed by atoms with Gasteiger partial charge in [0, 0.05) is 6.42 Å². The van der Waals surface area contributed by atoms with E-state index in [1.165, 1.54) is 6.92 Å². The van der Waals surface area contributed by atoms with Gasteiger partial charge >= 0.3 is 5.97 Å². The molecule has 0 bridgehead atoms. The molecule has 0 aromatic heterocycles. The molecule has 17 heavy (non-hydrogen) atoms. The second kappa shape index (κ2) is 5.35. The van der Waals surface area contributed by atoms with Crippen LogP contribution in [0.15, 0.2) is 24.3 Å². The van der Waals surface area contributed by atoms with Gasteiger partial charge < -0.3 is 9.84 Å². The lowest BCUT2D eigenvalue weighted by Gasteiger charge is -2.16. The number of nitrogens with zero attached hydrogens (tertiary/aromatic N) is 1. The predicted octanol–water partition coefficient (Wildman–Crippen LogP) is 2.24. The summed E-state index contributed by atoms with van der Waals surface area (Å²) in [6, 6.07) is 8.95. The maximum atomic E-state index is 11.0. The largest absolute Gasteiger partial charge is 0.494 e. The molecular formula is C13H15NO3. The Labute approximate surface area is 100 Å². The molecule has 0 amide bonds. The van der Waals surface area contributed by atoms with Gasteiger partial charge in [-0.15, -0.1) is 0 Å². The number of carboxylic acids is 1. The van der Waals surface area contributed by atoms with E-state index in [0.717, 1.165) is 11.3 Å². The van der Waals surface area contributed by atoms with Crippen LogP contribution in [-0.2, 0) is 11.2 Å².